The largest absolute Gasteiger partial charge is 0.257 e. The van der Waals surface area contributed by atoms with Crippen LogP contribution in [0.5, 0.6) is 0 Å². The van der Waals surface area contributed by atoms with Crippen molar-refractivity contribution < 1.29 is 4.57 Å². The Hall–Kier alpha value is -3.07. The van der Waals surface area contributed by atoms with Crippen molar-refractivity contribution in [2.45, 2.75) is 41.0 Å². The Bertz CT molecular complexity index is 1220. The first-order chi connectivity index (χ1) is 14.3. The topological polar surface area (TPSA) is 29.7 Å². The van der Waals surface area contributed by atoms with E-state index in [0.717, 1.165) is 23.4 Å². The molecule has 0 aliphatic carbocycles. The third-order valence-corrected chi connectivity index (χ3v) is 5.82. The lowest BCUT2D eigenvalue weighted by Crippen LogP contribution is -2.30. The van der Waals surface area contributed by atoms with Crippen LogP contribution in [0.15, 0.2) is 55.0 Å². The summed E-state index contributed by atoms with van der Waals surface area (Å²) in [5.41, 5.74) is 9.57. The first-order valence-electron chi connectivity index (χ1n) is 10.7. The highest BCUT2D eigenvalue weighted by atomic mass is 14.9. The van der Waals surface area contributed by atoms with E-state index in [9.17, 15) is 0 Å². The van der Waals surface area contributed by atoms with Crippen molar-refractivity contribution in [2.75, 3.05) is 0 Å². The number of aromatic nitrogens is 3. The van der Waals surface area contributed by atoms with Crippen LogP contribution in [0.25, 0.3) is 33.3 Å². The molecule has 0 atom stereocenters. The molecule has 2 aromatic carbocycles. The monoisotopic (exact) mass is 396 g/mol. The number of aryl methyl sites for hydroxylation is 3. The third-order valence-electron chi connectivity index (χ3n) is 5.82. The molecule has 4 aromatic rings. The van der Waals surface area contributed by atoms with Gasteiger partial charge < -0.3 is 0 Å². The average Bonchev–Trinajstić information content (AvgIpc) is 2.71. The maximum absolute atomic E-state index is 4.68. The van der Waals surface area contributed by atoms with Crippen LogP contribution in [-0.2, 0) is 13.5 Å². The van der Waals surface area contributed by atoms with Gasteiger partial charge in [0.25, 0.3) is 0 Å². The second-order valence-corrected chi connectivity index (χ2v) is 8.82. The van der Waals surface area contributed by atoms with E-state index in [2.05, 4.69) is 98.8 Å². The highest BCUT2D eigenvalue weighted by Crippen LogP contribution is 2.32. The molecule has 0 N–H and O–H groups in total. The van der Waals surface area contributed by atoms with Crippen molar-refractivity contribution in [3.63, 3.8) is 0 Å². The molecule has 0 aliphatic rings. The molecule has 30 heavy (non-hydrogen) atoms. The molecule has 0 amide bonds. The van der Waals surface area contributed by atoms with Crippen molar-refractivity contribution in [1.82, 2.24) is 9.97 Å². The van der Waals surface area contributed by atoms with Gasteiger partial charge >= 0.3 is 0 Å². The van der Waals surface area contributed by atoms with Crippen LogP contribution in [0.2, 0.25) is 0 Å². The number of nitrogens with zero attached hydrogens (tertiary/aromatic N) is 3. The summed E-state index contributed by atoms with van der Waals surface area (Å²) in [6.45, 7) is 11.0. The Morgan fingerprint density at radius 3 is 2.43 bits per heavy atom. The number of rotatable bonds is 4. The van der Waals surface area contributed by atoms with Crippen LogP contribution >= 0.6 is 0 Å². The highest BCUT2D eigenvalue weighted by Gasteiger charge is 2.19. The van der Waals surface area contributed by atoms with Crippen LogP contribution in [0.4, 0.5) is 0 Å². The van der Waals surface area contributed by atoms with Crippen LogP contribution < -0.4 is 4.57 Å². The van der Waals surface area contributed by atoms with Gasteiger partial charge in [0, 0.05) is 17.8 Å². The van der Waals surface area contributed by atoms with Gasteiger partial charge in [-0.25, -0.2) is 4.57 Å². The molecule has 0 unspecified atom stereocenters. The summed E-state index contributed by atoms with van der Waals surface area (Å²) >= 11 is 0. The van der Waals surface area contributed by atoms with Crippen molar-refractivity contribution in [2.24, 2.45) is 13.0 Å². The molecule has 0 bridgehead atoms. The first kappa shape index (κ1) is 20.2. The number of hydrogen-bond acceptors (Lipinski definition) is 2. The molecule has 2 aromatic heterocycles. The maximum atomic E-state index is 4.68. The Labute approximate surface area is 179 Å². The van der Waals surface area contributed by atoms with E-state index in [1.807, 2.05) is 12.4 Å². The average molecular weight is 397 g/mol. The standard InChI is InChI=1S/C27H30N3/c1-17(2)11-23-15-29-26(16-28-23)22-7-8-24-21(14-22)9-10-30(6)27(24)25-13-18(3)12-19(4)20(25)5/h7-10,12-17H,11H2,1-6H3/q+1. The first-order valence-corrected chi connectivity index (χ1v) is 10.7. The minimum atomic E-state index is 0.582. The second-order valence-electron chi connectivity index (χ2n) is 8.82. The molecular weight excluding hydrogens is 366 g/mol. The van der Waals surface area contributed by atoms with Gasteiger partial charge in [0.2, 0.25) is 5.69 Å². The molecule has 0 fully saturated rings. The van der Waals surface area contributed by atoms with Crippen molar-refractivity contribution in [1.29, 1.82) is 0 Å². The summed E-state index contributed by atoms with van der Waals surface area (Å²) in [5, 5.41) is 2.47. The Kier molecular flexibility index (Phi) is 5.38. The maximum Gasteiger partial charge on any atom is 0.220 e. The lowest BCUT2D eigenvalue weighted by atomic mass is 9.94. The van der Waals surface area contributed by atoms with Crippen LogP contribution in [0.1, 0.15) is 36.2 Å². The van der Waals surface area contributed by atoms with Gasteiger partial charge in [-0.2, -0.15) is 0 Å². The van der Waals surface area contributed by atoms with Gasteiger partial charge in [-0.05, 0) is 67.8 Å². The van der Waals surface area contributed by atoms with E-state index < -0.39 is 0 Å². The molecular formula is C27H30N3+. The number of benzene rings is 2. The Morgan fingerprint density at radius 2 is 1.73 bits per heavy atom. The summed E-state index contributed by atoms with van der Waals surface area (Å²) < 4.78 is 2.23. The predicted octanol–water partition coefficient (Wildman–Crippen LogP) is 5.91. The van der Waals surface area contributed by atoms with Crippen LogP contribution in [-0.4, -0.2) is 9.97 Å². The molecule has 3 nitrogen and oxygen atoms in total. The molecule has 0 spiro atoms. The minimum Gasteiger partial charge on any atom is -0.257 e. The second kappa shape index (κ2) is 7.98. The lowest BCUT2D eigenvalue weighted by molar-refractivity contribution is -0.659. The number of hydrogen-bond donors (Lipinski definition) is 0. The number of pyridine rings is 1. The summed E-state index contributed by atoms with van der Waals surface area (Å²) in [6.07, 6.45) is 6.92. The van der Waals surface area contributed by atoms with Crippen LogP contribution in [0, 0.1) is 26.7 Å². The van der Waals surface area contributed by atoms with E-state index in [1.165, 1.54) is 38.7 Å². The van der Waals surface area contributed by atoms with E-state index in [4.69, 9.17) is 0 Å². The summed E-state index contributed by atoms with van der Waals surface area (Å²) in [6, 6.07) is 13.3. The molecule has 0 saturated carbocycles. The van der Waals surface area contributed by atoms with Crippen molar-refractivity contribution in [3.05, 3.63) is 77.4 Å². The highest BCUT2D eigenvalue weighted by molar-refractivity contribution is 5.96. The molecule has 0 saturated heterocycles. The molecule has 152 valence electrons. The van der Waals surface area contributed by atoms with Crippen molar-refractivity contribution in [3.8, 4) is 22.5 Å². The fraction of sp³-hybridized carbons (Fsp3) is 0.296. The molecule has 2 heterocycles. The quantitative estimate of drug-likeness (QED) is 0.401. The van der Waals surface area contributed by atoms with E-state index >= 15 is 0 Å². The van der Waals surface area contributed by atoms with Crippen molar-refractivity contribution >= 4 is 10.8 Å². The third kappa shape index (κ3) is 3.85. The van der Waals surface area contributed by atoms with E-state index in [0.29, 0.717) is 5.92 Å². The smallest absolute Gasteiger partial charge is 0.220 e. The van der Waals surface area contributed by atoms with E-state index in [1.54, 1.807) is 0 Å². The summed E-state index contributed by atoms with van der Waals surface area (Å²) in [7, 11) is 2.12. The lowest BCUT2D eigenvalue weighted by Gasteiger charge is -2.12. The zero-order chi connectivity index (χ0) is 21.4. The fourth-order valence-corrected chi connectivity index (χ4v) is 4.18. The van der Waals surface area contributed by atoms with Gasteiger partial charge in [0.15, 0.2) is 6.20 Å². The summed E-state index contributed by atoms with van der Waals surface area (Å²) in [4.78, 5) is 9.30. The van der Waals surface area contributed by atoms with E-state index in [-0.39, 0.29) is 0 Å². The minimum absolute atomic E-state index is 0.582. The normalized spacial score (nSPS) is 11.4. The Balaban J connectivity index is 1.82. The fourth-order valence-electron chi connectivity index (χ4n) is 4.18. The summed E-state index contributed by atoms with van der Waals surface area (Å²) in [5.74, 6) is 0.582. The molecule has 0 aliphatic heterocycles. The van der Waals surface area contributed by atoms with Gasteiger partial charge in [0.1, 0.15) is 7.05 Å². The van der Waals surface area contributed by atoms with Crippen LogP contribution in [0.3, 0.4) is 0 Å². The van der Waals surface area contributed by atoms with Gasteiger partial charge in [-0.15, -0.1) is 0 Å². The molecule has 4 rings (SSSR count). The molecule has 0 radical (unpaired) electrons. The molecule has 3 heteroatoms. The Morgan fingerprint density at radius 1 is 0.933 bits per heavy atom. The van der Waals surface area contributed by atoms with Gasteiger partial charge in [-0.1, -0.05) is 31.5 Å². The van der Waals surface area contributed by atoms with Gasteiger partial charge in [0.05, 0.1) is 28.5 Å². The zero-order valence-electron chi connectivity index (χ0n) is 18.8. The zero-order valence-corrected chi connectivity index (χ0v) is 18.8. The van der Waals surface area contributed by atoms with Gasteiger partial charge in [-0.3, -0.25) is 9.97 Å². The SMILES string of the molecule is Cc1cc(C)c(C)c(-c2c3ccc(-c4cnc(CC(C)C)cn4)cc3cc[n+]2C)c1. The predicted molar refractivity (Wildman–Crippen MR) is 124 cm³/mol. The number of fused-ring (bicyclic) bond motifs is 1.